The number of fused-ring (bicyclic) bond motifs is 1. The number of rotatable bonds is 5. The number of piperidine rings is 1. The van der Waals surface area contributed by atoms with Gasteiger partial charge in [0.05, 0.1) is 12.9 Å². The van der Waals surface area contributed by atoms with Gasteiger partial charge < -0.3 is 14.1 Å². The number of nitrogens with one attached hydrogen (secondary N) is 1. The fourth-order valence-electron chi connectivity index (χ4n) is 3.61. The molecule has 0 radical (unpaired) electrons. The molecule has 5 rings (SSSR count). The number of aromatic amines is 1. The molecule has 0 aliphatic carbocycles. The van der Waals surface area contributed by atoms with Gasteiger partial charge in [-0.2, -0.15) is 9.29 Å². The maximum absolute atomic E-state index is 12.7. The average Bonchev–Trinajstić information content (AvgIpc) is 3.48. The summed E-state index contributed by atoms with van der Waals surface area (Å²) in [6.45, 7) is 1.33. The van der Waals surface area contributed by atoms with E-state index in [-0.39, 0.29) is 11.6 Å². The maximum atomic E-state index is 12.7. The van der Waals surface area contributed by atoms with Crippen LogP contribution < -0.4 is 0 Å². The lowest BCUT2D eigenvalue weighted by Gasteiger charge is -2.24. The van der Waals surface area contributed by atoms with Crippen molar-refractivity contribution in [1.82, 2.24) is 29.0 Å². The van der Waals surface area contributed by atoms with Gasteiger partial charge in [0.2, 0.25) is 0 Å². The van der Waals surface area contributed by atoms with E-state index in [9.17, 15) is 8.42 Å². The molecule has 4 heterocycles. The third kappa shape index (κ3) is 3.62. The summed E-state index contributed by atoms with van der Waals surface area (Å²) in [6, 6.07) is 7.43. The SMILES string of the molecule is O=S(=O)(c1cn(Cc2noc(-c3cc4cc(Cl)ccc4[nH]3)n2)cn1)N1CCCCC1. The topological polar surface area (TPSA) is 110 Å². The largest absolute Gasteiger partial charge is 0.351 e. The summed E-state index contributed by atoms with van der Waals surface area (Å²) in [5, 5.41) is 5.63. The van der Waals surface area contributed by atoms with Crippen molar-refractivity contribution >= 4 is 32.5 Å². The van der Waals surface area contributed by atoms with Crippen LogP contribution in [0.15, 0.2) is 46.3 Å². The first-order valence-electron chi connectivity index (χ1n) is 9.62. The van der Waals surface area contributed by atoms with Gasteiger partial charge in [0.25, 0.3) is 15.9 Å². The van der Waals surface area contributed by atoms with E-state index in [1.54, 1.807) is 10.6 Å². The van der Waals surface area contributed by atoms with E-state index in [1.807, 2.05) is 18.2 Å². The summed E-state index contributed by atoms with van der Waals surface area (Å²) in [7, 11) is -3.57. The van der Waals surface area contributed by atoms with Crippen molar-refractivity contribution in [3.8, 4) is 11.6 Å². The molecule has 1 N–H and O–H groups in total. The zero-order chi connectivity index (χ0) is 20.7. The Labute approximate surface area is 177 Å². The normalized spacial score (nSPS) is 15.8. The second kappa shape index (κ2) is 7.53. The van der Waals surface area contributed by atoms with Crippen molar-refractivity contribution < 1.29 is 12.9 Å². The highest BCUT2D eigenvalue weighted by molar-refractivity contribution is 7.89. The standard InChI is InChI=1S/C19H19ClN6O3S/c20-14-4-5-15-13(8-14)9-16(22-15)19-23-17(24-29-19)10-25-11-18(21-12-25)30(27,28)26-6-2-1-3-7-26/h4-5,8-9,11-12,22H,1-3,6-7,10H2. The molecule has 0 spiro atoms. The summed E-state index contributed by atoms with van der Waals surface area (Å²) in [5.41, 5.74) is 1.60. The smallest absolute Gasteiger partial charge is 0.274 e. The molecular weight excluding hydrogens is 428 g/mol. The molecule has 11 heteroatoms. The summed E-state index contributed by atoms with van der Waals surface area (Å²) < 4.78 is 34.0. The quantitative estimate of drug-likeness (QED) is 0.503. The highest BCUT2D eigenvalue weighted by atomic mass is 35.5. The number of nitrogens with zero attached hydrogens (tertiary/aromatic N) is 5. The van der Waals surface area contributed by atoms with Crippen LogP contribution in [0.4, 0.5) is 0 Å². The van der Waals surface area contributed by atoms with Crippen LogP contribution in [-0.2, 0) is 16.6 Å². The van der Waals surface area contributed by atoms with Crippen LogP contribution in [0, 0.1) is 0 Å². The molecule has 3 aromatic heterocycles. The van der Waals surface area contributed by atoms with Crippen LogP contribution in [0.3, 0.4) is 0 Å². The number of imidazole rings is 1. The van der Waals surface area contributed by atoms with E-state index in [4.69, 9.17) is 16.1 Å². The molecule has 1 aliphatic heterocycles. The maximum Gasteiger partial charge on any atom is 0.274 e. The molecule has 30 heavy (non-hydrogen) atoms. The van der Waals surface area contributed by atoms with Crippen LogP contribution in [0.5, 0.6) is 0 Å². The van der Waals surface area contributed by atoms with E-state index >= 15 is 0 Å². The third-order valence-electron chi connectivity index (χ3n) is 5.13. The van der Waals surface area contributed by atoms with Gasteiger partial charge >= 0.3 is 0 Å². The summed E-state index contributed by atoms with van der Waals surface area (Å²) in [5.74, 6) is 0.764. The zero-order valence-corrected chi connectivity index (χ0v) is 17.5. The predicted octanol–water partition coefficient (Wildman–Crippen LogP) is 3.29. The molecule has 0 amide bonds. The number of H-pyrrole nitrogens is 1. The van der Waals surface area contributed by atoms with Crippen molar-refractivity contribution in [2.24, 2.45) is 0 Å². The van der Waals surface area contributed by atoms with Gasteiger partial charge in [-0.05, 0) is 37.1 Å². The Morgan fingerprint density at radius 1 is 1.17 bits per heavy atom. The highest BCUT2D eigenvalue weighted by Crippen LogP contribution is 2.25. The number of benzene rings is 1. The van der Waals surface area contributed by atoms with Gasteiger partial charge in [-0.1, -0.05) is 23.2 Å². The van der Waals surface area contributed by atoms with Crippen molar-refractivity contribution in [3.63, 3.8) is 0 Å². The van der Waals surface area contributed by atoms with Crippen molar-refractivity contribution in [1.29, 1.82) is 0 Å². The summed E-state index contributed by atoms with van der Waals surface area (Å²) >= 11 is 6.03. The number of hydrogen-bond acceptors (Lipinski definition) is 6. The number of sulfonamides is 1. The summed E-state index contributed by atoms with van der Waals surface area (Å²) in [6.07, 6.45) is 5.80. The van der Waals surface area contributed by atoms with Crippen molar-refractivity contribution in [3.05, 3.63) is 47.6 Å². The lowest BCUT2D eigenvalue weighted by molar-refractivity contribution is 0.345. The molecule has 1 aliphatic rings. The predicted molar refractivity (Wildman–Crippen MR) is 111 cm³/mol. The first-order chi connectivity index (χ1) is 14.5. The average molecular weight is 447 g/mol. The van der Waals surface area contributed by atoms with Gasteiger partial charge in [-0.15, -0.1) is 0 Å². The lowest BCUT2D eigenvalue weighted by atomic mass is 10.2. The van der Waals surface area contributed by atoms with Crippen LogP contribution >= 0.6 is 11.6 Å². The van der Waals surface area contributed by atoms with Gasteiger partial charge in [0.1, 0.15) is 5.69 Å². The molecule has 0 unspecified atom stereocenters. The zero-order valence-electron chi connectivity index (χ0n) is 16.0. The Balaban J connectivity index is 1.34. The fourth-order valence-corrected chi connectivity index (χ4v) is 5.24. The first-order valence-corrected chi connectivity index (χ1v) is 11.4. The first kappa shape index (κ1) is 19.3. The Hall–Kier alpha value is -2.69. The number of hydrogen-bond donors (Lipinski definition) is 1. The number of halogens is 1. The molecule has 156 valence electrons. The molecule has 9 nitrogen and oxygen atoms in total. The van der Waals surface area contributed by atoms with Crippen LogP contribution in [0.25, 0.3) is 22.5 Å². The van der Waals surface area contributed by atoms with Gasteiger partial charge in [0.15, 0.2) is 10.9 Å². The Kier molecular flexibility index (Phi) is 4.84. The molecule has 1 aromatic carbocycles. The van der Waals surface area contributed by atoms with Gasteiger partial charge in [-0.3, -0.25) is 0 Å². The molecule has 1 saturated heterocycles. The van der Waals surface area contributed by atoms with Gasteiger partial charge in [-0.25, -0.2) is 13.4 Å². The molecule has 0 atom stereocenters. The Bertz CT molecular complexity index is 1300. The Morgan fingerprint density at radius 2 is 2.00 bits per heavy atom. The number of aromatic nitrogens is 5. The second-order valence-electron chi connectivity index (χ2n) is 7.28. The molecule has 0 bridgehead atoms. The van der Waals surface area contributed by atoms with E-state index in [1.165, 1.54) is 16.8 Å². The van der Waals surface area contributed by atoms with E-state index in [0.717, 1.165) is 30.2 Å². The molecule has 4 aromatic rings. The van der Waals surface area contributed by atoms with Crippen LogP contribution in [0.1, 0.15) is 25.1 Å². The molecule has 1 fully saturated rings. The molecule has 0 saturated carbocycles. The lowest BCUT2D eigenvalue weighted by Crippen LogP contribution is -2.35. The van der Waals surface area contributed by atoms with E-state index in [2.05, 4.69) is 20.1 Å². The van der Waals surface area contributed by atoms with Crippen molar-refractivity contribution in [2.75, 3.05) is 13.1 Å². The minimum atomic E-state index is -3.57. The Morgan fingerprint density at radius 3 is 2.83 bits per heavy atom. The minimum absolute atomic E-state index is 0.0422. The monoisotopic (exact) mass is 446 g/mol. The van der Waals surface area contributed by atoms with E-state index < -0.39 is 10.0 Å². The fraction of sp³-hybridized carbons (Fsp3) is 0.316. The van der Waals surface area contributed by atoms with Crippen molar-refractivity contribution in [2.45, 2.75) is 30.8 Å². The van der Waals surface area contributed by atoms with Crippen LogP contribution in [-0.4, -0.2) is 50.5 Å². The summed E-state index contributed by atoms with van der Waals surface area (Å²) in [4.78, 5) is 11.7. The second-order valence-corrected chi connectivity index (χ2v) is 9.60. The van der Waals surface area contributed by atoms with Gasteiger partial charge in [0, 0.05) is 35.2 Å². The highest BCUT2D eigenvalue weighted by Gasteiger charge is 2.28. The minimum Gasteiger partial charge on any atom is -0.351 e. The molecular formula is C19H19ClN6O3S. The van der Waals surface area contributed by atoms with E-state index in [0.29, 0.717) is 35.5 Å². The third-order valence-corrected chi connectivity index (χ3v) is 7.15. The van der Waals surface area contributed by atoms with Crippen LogP contribution in [0.2, 0.25) is 5.02 Å².